The molecule has 3 aromatic rings. The number of aromatic nitrogens is 2. The van der Waals surface area contributed by atoms with Gasteiger partial charge in [0.1, 0.15) is 6.04 Å². The molecule has 0 saturated carbocycles. The van der Waals surface area contributed by atoms with Gasteiger partial charge < -0.3 is 14.8 Å². The predicted octanol–water partition coefficient (Wildman–Crippen LogP) is 2.61. The second-order valence-electron chi connectivity index (χ2n) is 7.97. The lowest BCUT2D eigenvalue weighted by molar-refractivity contribution is -0.117. The quantitative estimate of drug-likeness (QED) is 0.436. The number of carbonyl (C=O) groups is 2. The number of amides is 2. The van der Waals surface area contributed by atoms with Gasteiger partial charge in [-0.15, -0.1) is 5.10 Å². The summed E-state index contributed by atoms with van der Waals surface area (Å²) in [5.74, 6) is -1.37. The van der Waals surface area contributed by atoms with Gasteiger partial charge in [0.25, 0.3) is 5.91 Å². The van der Waals surface area contributed by atoms with Gasteiger partial charge in [0.2, 0.25) is 11.8 Å². The summed E-state index contributed by atoms with van der Waals surface area (Å²) in [7, 11) is -2.92. The number of anilines is 2. The second kappa shape index (κ2) is 10.8. The maximum Gasteiger partial charge on any atom is 0.358 e. The maximum atomic E-state index is 13.5. The van der Waals surface area contributed by atoms with Crippen molar-refractivity contribution in [2.24, 2.45) is 5.10 Å². The van der Waals surface area contributed by atoms with Gasteiger partial charge in [0.05, 0.1) is 34.3 Å². The first-order chi connectivity index (χ1) is 18.1. The van der Waals surface area contributed by atoms with Gasteiger partial charge in [-0.25, -0.2) is 15.0 Å². The van der Waals surface area contributed by atoms with Crippen LogP contribution >= 0.6 is 11.6 Å². The average molecular weight is 554 g/mol. The molecule has 0 spiro atoms. The van der Waals surface area contributed by atoms with Crippen LogP contribution in [0.4, 0.5) is 11.5 Å². The van der Waals surface area contributed by atoms with Crippen molar-refractivity contribution in [1.29, 1.82) is 5.26 Å². The van der Waals surface area contributed by atoms with Gasteiger partial charge in [-0.3, -0.25) is 9.59 Å². The first-order valence-electron chi connectivity index (χ1n) is 11.0. The van der Waals surface area contributed by atoms with Crippen LogP contribution in [0.2, 0.25) is 5.02 Å². The van der Waals surface area contributed by atoms with Gasteiger partial charge in [0, 0.05) is 19.4 Å². The zero-order valence-corrected chi connectivity index (χ0v) is 21.6. The minimum absolute atomic E-state index is 0.0768. The van der Waals surface area contributed by atoms with Crippen LogP contribution in [0, 0.1) is 18.3 Å². The zero-order chi connectivity index (χ0) is 27.4. The van der Waals surface area contributed by atoms with E-state index in [4.69, 9.17) is 15.8 Å². The lowest BCUT2D eigenvalue weighted by Gasteiger charge is -2.23. The van der Waals surface area contributed by atoms with E-state index in [1.165, 1.54) is 49.8 Å². The van der Waals surface area contributed by atoms with Crippen LogP contribution in [0.1, 0.15) is 27.9 Å². The number of nitrogens with one attached hydrogen (secondary N) is 2. The molecule has 1 unspecified atom stereocenters. The fourth-order valence-electron chi connectivity index (χ4n) is 3.68. The molecule has 38 heavy (non-hydrogen) atoms. The molecular formula is C24H20ClN7O5S. The first-order valence-corrected chi connectivity index (χ1v) is 12.8. The normalized spacial score (nSPS) is 14.8. The summed E-state index contributed by atoms with van der Waals surface area (Å²) < 4.78 is 30.7. The smallest absolute Gasteiger partial charge is 0.358 e. The molecule has 3 heterocycles. The van der Waals surface area contributed by atoms with Gasteiger partial charge in [-0.05, 0) is 48.9 Å². The van der Waals surface area contributed by atoms with Crippen molar-refractivity contribution < 1.29 is 22.2 Å². The van der Waals surface area contributed by atoms with Crippen LogP contribution in [0.25, 0.3) is 0 Å². The van der Waals surface area contributed by atoms with E-state index in [0.717, 1.165) is 5.01 Å². The summed E-state index contributed by atoms with van der Waals surface area (Å²) in [6, 6.07) is 11.1. The number of nitrogens with zero attached hydrogens (tertiary/aromatic N) is 5. The van der Waals surface area contributed by atoms with E-state index in [9.17, 15) is 23.3 Å². The Morgan fingerprint density at radius 1 is 1.18 bits per heavy atom. The number of halogens is 1. The van der Waals surface area contributed by atoms with Crippen molar-refractivity contribution >= 4 is 50.9 Å². The number of hydrazone groups is 1. The molecule has 194 valence electrons. The lowest BCUT2D eigenvalue weighted by Crippen LogP contribution is -2.39. The Hall–Kier alpha value is -4.54. The predicted molar refractivity (Wildman–Crippen MR) is 138 cm³/mol. The summed E-state index contributed by atoms with van der Waals surface area (Å²) in [6.07, 6.45) is 2.46. The number of pyridine rings is 2. The highest BCUT2D eigenvalue weighted by Gasteiger charge is 2.39. The largest absolute Gasteiger partial charge is 0.360 e. The second-order valence-corrected chi connectivity index (χ2v) is 9.87. The molecule has 0 saturated heterocycles. The number of hydrogen-bond donors (Lipinski definition) is 2. The molecule has 1 aliphatic heterocycles. The number of nitriles is 1. The van der Waals surface area contributed by atoms with Crippen molar-refractivity contribution in [2.45, 2.75) is 24.4 Å². The summed E-state index contributed by atoms with van der Waals surface area (Å²) >= 11 is 6.30. The molecular weight excluding hydrogens is 534 g/mol. The van der Waals surface area contributed by atoms with Gasteiger partial charge in [-0.2, -0.15) is 13.7 Å². The van der Waals surface area contributed by atoms with Crippen LogP contribution in [-0.4, -0.2) is 49.2 Å². The van der Waals surface area contributed by atoms with Gasteiger partial charge >= 0.3 is 10.1 Å². The van der Waals surface area contributed by atoms with E-state index < -0.39 is 28.0 Å². The van der Waals surface area contributed by atoms with Gasteiger partial charge in [0.15, 0.2) is 10.8 Å². The molecule has 2 amide bonds. The fourth-order valence-corrected chi connectivity index (χ4v) is 4.76. The highest BCUT2D eigenvalue weighted by atomic mass is 35.5. The van der Waals surface area contributed by atoms with E-state index in [0.29, 0.717) is 5.56 Å². The number of carbonyl (C=O) groups excluding carboxylic acids is 2. The first kappa shape index (κ1) is 26.5. The Morgan fingerprint density at radius 3 is 2.61 bits per heavy atom. The molecule has 2 aromatic heterocycles. The minimum Gasteiger partial charge on any atom is -0.360 e. The van der Waals surface area contributed by atoms with Crippen molar-refractivity contribution in [1.82, 2.24) is 15.3 Å². The number of aryl methyl sites for hydroxylation is 1. The van der Waals surface area contributed by atoms with E-state index >= 15 is 0 Å². The standard InChI is InChI=1S/C24H20ClN7O5S/c1-14-10-15(13-26)11-16(23(33)27-2)21(14)30-24(34)18-12-19(31-32(18)22-17(25)6-5-9-29-22)37-38(35,36)20-7-3-4-8-28-20/h3-11,18H,12H2,1-2H3,(H,27,33)(H,30,34). The van der Waals surface area contributed by atoms with Crippen molar-refractivity contribution in [3.63, 3.8) is 0 Å². The Bertz CT molecular complexity index is 1590. The topological polar surface area (TPSA) is 167 Å². The van der Waals surface area contributed by atoms with Crippen LogP contribution in [0.15, 0.2) is 65.0 Å². The molecule has 1 aromatic carbocycles. The zero-order valence-electron chi connectivity index (χ0n) is 20.0. The lowest BCUT2D eigenvalue weighted by atomic mass is 10.0. The average Bonchev–Trinajstić information content (AvgIpc) is 3.32. The molecule has 2 N–H and O–H groups in total. The third kappa shape index (κ3) is 5.41. The van der Waals surface area contributed by atoms with Crippen LogP contribution in [0.3, 0.4) is 0 Å². The third-order valence-electron chi connectivity index (χ3n) is 5.43. The molecule has 0 fully saturated rings. The van der Waals surface area contributed by atoms with Crippen molar-refractivity contribution in [3.8, 4) is 6.07 Å². The molecule has 1 aliphatic rings. The maximum absolute atomic E-state index is 13.5. The molecule has 14 heteroatoms. The van der Waals surface area contributed by atoms with Gasteiger partial charge in [-0.1, -0.05) is 17.7 Å². The summed E-state index contributed by atoms with van der Waals surface area (Å²) in [4.78, 5) is 34.0. The summed E-state index contributed by atoms with van der Waals surface area (Å²) in [5.41, 5.74) is 0.955. The Morgan fingerprint density at radius 2 is 1.95 bits per heavy atom. The van der Waals surface area contributed by atoms with Crippen molar-refractivity contribution in [2.75, 3.05) is 17.4 Å². The Kier molecular flexibility index (Phi) is 7.56. The molecule has 0 radical (unpaired) electrons. The third-order valence-corrected chi connectivity index (χ3v) is 6.89. The van der Waals surface area contributed by atoms with E-state index in [1.807, 2.05) is 6.07 Å². The molecule has 1 atom stereocenters. The highest BCUT2D eigenvalue weighted by Crippen LogP contribution is 2.31. The van der Waals surface area contributed by atoms with E-state index in [1.54, 1.807) is 19.1 Å². The minimum atomic E-state index is -4.34. The Labute approximate surface area is 223 Å². The molecule has 12 nitrogen and oxygen atoms in total. The monoisotopic (exact) mass is 553 g/mol. The SMILES string of the molecule is CNC(=O)c1cc(C#N)cc(C)c1NC(=O)C1CC(OS(=O)(=O)c2ccccn2)=NN1c1ncccc1Cl. The molecule has 0 bridgehead atoms. The number of benzene rings is 1. The molecule has 0 aliphatic carbocycles. The van der Waals surface area contributed by atoms with Crippen LogP contribution < -0.4 is 15.6 Å². The van der Waals surface area contributed by atoms with E-state index in [-0.39, 0.29) is 45.0 Å². The summed E-state index contributed by atoms with van der Waals surface area (Å²) in [5, 5.41) is 19.7. The highest BCUT2D eigenvalue weighted by molar-refractivity contribution is 7.87. The number of hydrogen-bond acceptors (Lipinski definition) is 10. The fraction of sp³-hybridized carbons (Fsp3) is 0.167. The van der Waals surface area contributed by atoms with Crippen LogP contribution in [-0.2, 0) is 19.1 Å². The van der Waals surface area contributed by atoms with Crippen LogP contribution in [0.5, 0.6) is 0 Å². The van der Waals surface area contributed by atoms with E-state index in [2.05, 4.69) is 25.7 Å². The summed E-state index contributed by atoms with van der Waals surface area (Å²) in [6.45, 7) is 1.63. The number of rotatable bonds is 6. The molecule has 4 rings (SSSR count). The Balaban J connectivity index is 1.69. The van der Waals surface area contributed by atoms with Crippen molar-refractivity contribution in [3.05, 3.63) is 76.6 Å².